The molecule has 4 aromatic rings. The van der Waals surface area contributed by atoms with Crippen molar-refractivity contribution in [2.45, 2.75) is 50.1 Å². The van der Waals surface area contributed by atoms with Crippen LogP contribution in [0.3, 0.4) is 0 Å². The van der Waals surface area contributed by atoms with Crippen molar-refractivity contribution in [3.63, 3.8) is 0 Å². The number of hydrogen-bond acceptors (Lipinski definition) is 10. The Labute approximate surface area is 232 Å². The van der Waals surface area contributed by atoms with E-state index in [1.54, 1.807) is 62.0 Å². The summed E-state index contributed by atoms with van der Waals surface area (Å²) in [6, 6.07) is 12.0. The van der Waals surface area contributed by atoms with E-state index in [1.165, 1.54) is 23.1 Å². The molecule has 200 valence electrons. The maximum atomic E-state index is 13.8. The van der Waals surface area contributed by atoms with Crippen LogP contribution in [0.15, 0.2) is 90.6 Å². The third-order valence-corrected chi connectivity index (χ3v) is 7.50. The highest BCUT2D eigenvalue weighted by Crippen LogP contribution is 2.32. The molecule has 0 saturated carbocycles. The number of hydrogen-bond donors (Lipinski definition) is 0. The molecule has 0 amide bonds. The Balaban J connectivity index is 1.57. The molecular formula is C28H26N4O5S2. The lowest BCUT2D eigenvalue weighted by Crippen LogP contribution is -2.40. The highest BCUT2D eigenvalue weighted by molar-refractivity contribution is 7.99. The number of ether oxygens (including phenoxy) is 2. The van der Waals surface area contributed by atoms with Crippen LogP contribution in [0.4, 0.5) is 0 Å². The molecule has 9 nitrogen and oxygen atoms in total. The van der Waals surface area contributed by atoms with E-state index in [0.29, 0.717) is 49.0 Å². The average Bonchev–Trinajstić information content (AvgIpc) is 3.47. The van der Waals surface area contributed by atoms with Crippen molar-refractivity contribution in [2.75, 3.05) is 6.61 Å². The van der Waals surface area contributed by atoms with E-state index >= 15 is 0 Å². The number of fused-ring (bicyclic) bond motifs is 1. The highest BCUT2D eigenvalue weighted by atomic mass is 32.2. The maximum absolute atomic E-state index is 13.8. The maximum Gasteiger partial charge on any atom is 0.338 e. The second-order valence-electron chi connectivity index (χ2n) is 8.83. The van der Waals surface area contributed by atoms with Gasteiger partial charge < -0.3 is 13.9 Å². The summed E-state index contributed by atoms with van der Waals surface area (Å²) in [6.07, 6.45) is 4.68. The largest absolute Gasteiger partial charge is 0.494 e. The van der Waals surface area contributed by atoms with Crippen molar-refractivity contribution in [2.24, 2.45) is 4.99 Å². The molecule has 11 heteroatoms. The Bertz CT molecular complexity index is 1700. The van der Waals surface area contributed by atoms with Crippen LogP contribution >= 0.6 is 23.1 Å². The summed E-state index contributed by atoms with van der Waals surface area (Å²) in [6.45, 7) is 7.78. The Morgan fingerprint density at radius 1 is 1.18 bits per heavy atom. The Hall–Kier alpha value is -3.96. The Morgan fingerprint density at radius 2 is 1.92 bits per heavy atom. The molecule has 0 radical (unpaired) electrons. The topological polar surface area (TPSA) is 109 Å². The van der Waals surface area contributed by atoms with Gasteiger partial charge in [0.05, 0.1) is 34.6 Å². The molecule has 3 aromatic heterocycles. The number of rotatable bonds is 8. The zero-order chi connectivity index (χ0) is 27.5. The van der Waals surface area contributed by atoms with Crippen molar-refractivity contribution in [3.05, 3.63) is 97.1 Å². The first-order valence-electron chi connectivity index (χ1n) is 12.3. The van der Waals surface area contributed by atoms with Gasteiger partial charge in [-0.1, -0.05) is 23.5 Å². The van der Waals surface area contributed by atoms with Crippen molar-refractivity contribution < 1.29 is 18.7 Å². The second kappa shape index (κ2) is 11.4. The number of nitrogens with zero attached hydrogens (tertiary/aromatic N) is 4. The quantitative estimate of drug-likeness (QED) is 0.233. The van der Waals surface area contributed by atoms with Gasteiger partial charge in [0, 0.05) is 18.5 Å². The van der Waals surface area contributed by atoms with Gasteiger partial charge in [0.1, 0.15) is 11.5 Å². The Morgan fingerprint density at radius 3 is 2.62 bits per heavy atom. The molecule has 0 N–H and O–H groups in total. The lowest BCUT2D eigenvalue weighted by molar-refractivity contribution is -0.143. The third-order valence-electron chi connectivity index (χ3n) is 5.70. The van der Waals surface area contributed by atoms with E-state index in [-0.39, 0.29) is 11.7 Å². The summed E-state index contributed by atoms with van der Waals surface area (Å²) in [5, 5.41) is 1.16. The smallest absolute Gasteiger partial charge is 0.338 e. The molecule has 1 aliphatic rings. The second-order valence-corrected chi connectivity index (χ2v) is 10.8. The number of thiazole rings is 1. The summed E-state index contributed by atoms with van der Waals surface area (Å²) in [5.74, 6) is 0.703. The van der Waals surface area contributed by atoms with Gasteiger partial charge in [-0.25, -0.2) is 19.8 Å². The first-order chi connectivity index (χ1) is 18.8. The number of aromatic nitrogens is 3. The van der Waals surface area contributed by atoms with Gasteiger partial charge in [-0.05, 0) is 75.4 Å². The molecule has 0 aliphatic carbocycles. The average molecular weight is 563 g/mol. The monoisotopic (exact) mass is 562 g/mol. The standard InChI is InChI=1S/C28H26N4O5S2/c1-5-35-19-9-7-18(8-10-19)24-23(26(34)36-16(2)3)17(4)31-28-32(24)25(33)21(38-28)15-20-11-12-22(37-20)39-27-29-13-6-14-30-27/h6-16,24H,5H2,1-4H3/b21-15-/t24-/m0/s1. The predicted octanol–water partition coefficient (Wildman–Crippen LogP) is 4.12. The van der Waals surface area contributed by atoms with Crippen molar-refractivity contribution in [1.82, 2.24) is 14.5 Å². The fourth-order valence-corrected chi connectivity index (χ4v) is 5.82. The van der Waals surface area contributed by atoms with E-state index in [9.17, 15) is 9.59 Å². The minimum atomic E-state index is -0.705. The third kappa shape index (κ3) is 5.74. The number of allylic oxidation sites excluding steroid dienone is 1. The van der Waals surface area contributed by atoms with Gasteiger partial charge in [0.2, 0.25) is 0 Å². The van der Waals surface area contributed by atoms with Crippen molar-refractivity contribution in [3.8, 4) is 5.75 Å². The van der Waals surface area contributed by atoms with Gasteiger partial charge >= 0.3 is 5.97 Å². The van der Waals surface area contributed by atoms with Crippen LogP contribution in [0.1, 0.15) is 45.1 Å². The number of carbonyl (C=O) groups excluding carboxylic acids is 1. The molecule has 5 rings (SSSR count). The molecule has 1 aliphatic heterocycles. The van der Waals surface area contributed by atoms with Crippen LogP contribution in [0, 0.1) is 0 Å². The van der Waals surface area contributed by atoms with Crippen LogP contribution in [-0.2, 0) is 9.53 Å². The molecule has 1 aromatic carbocycles. The van der Waals surface area contributed by atoms with Crippen LogP contribution in [0.5, 0.6) is 5.75 Å². The van der Waals surface area contributed by atoms with E-state index in [2.05, 4.69) is 15.0 Å². The summed E-state index contributed by atoms with van der Waals surface area (Å²) < 4.78 is 19.0. The van der Waals surface area contributed by atoms with E-state index < -0.39 is 12.0 Å². The molecule has 0 spiro atoms. The molecule has 4 heterocycles. The molecule has 39 heavy (non-hydrogen) atoms. The zero-order valence-electron chi connectivity index (χ0n) is 21.8. The summed E-state index contributed by atoms with van der Waals surface area (Å²) >= 11 is 2.52. The lowest BCUT2D eigenvalue weighted by Gasteiger charge is -2.25. The van der Waals surface area contributed by atoms with Gasteiger partial charge in [-0.3, -0.25) is 9.36 Å². The molecular weight excluding hydrogens is 536 g/mol. The predicted molar refractivity (Wildman–Crippen MR) is 147 cm³/mol. The van der Waals surface area contributed by atoms with Crippen LogP contribution in [0.2, 0.25) is 0 Å². The SMILES string of the molecule is CCOc1ccc([C@H]2C(C(=O)OC(C)C)=C(C)N=c3s/c(=C\c4ccc(Sc5ncccn5)o4)c(=O)n32)cc1. The van der Waals surface area contributed by atoms with Crippen LogP contribution in [0.25, 0.3) is 6.08 Å². The van der Waals surface area contributed by atoms with E-state index in [4.69, 9.17) is 13.9 Å². The number of carbonyl (C=O) groups is 1. The molecule has 0 bridgehead atoms. The summed E-state index contributed by atoms with van der Waals surface area (Å²) in [7, 11) is 0. The number of esters is 1. The van der Waals surface area contributed by atoms with E-state index in [1.807, 2.05) is 31.2 Å². The summed E-state index contributed by atoms with van der Waals surface area (Å²) in [5.41, 5.74) is 1.30. The van der Waals surface area contributed by atoms with Gasteiger partial charge in [-0.2, -0.15) is 0 Å². The van der Waals surface area contributed by atoms with E-state index in [0.717, 1.165) is 5.56 Å². The van der Waals surface area contributed by atoms with Crippen LogP contribution < -0.4 is 19.6 Å². The minimum Gasteiger partial charge on any atom is -0.494 e. The molecule has 0 fully saturated rings. The number of furan rings is 1. The number of benzene rings is 1. The van der Waals surface area contributed by atoms with Gasteiger partial charge in [-0.15, -0.1) is 0 Å². The minimum absolute atomic E-state index is 0.281. The fourth-order valence-electron chi connectivity index (χ4n) is 4.11. The molecule has 0 saturated heterocycles. The lowest BCUT2D eigenvalue weighted by atomic mass is 9.96. The Kier molecular flexibility index (Phi) is 7.80. The van der Waals surface area contributed by atoms with Crippen LogP contribution in [-0.4, -0.2) is 33.2 Å². The first-order valence-corrected chi connectivity index (χ1v) is 14.0. The highest BCUT2D eigenvalue weighted by Gasteiger charge is 2.33. The van der Waals surface area contributed by atoms with Crippen molar-refractivity contribution >= 4 is 35.1 Å². The van der Waals surface area contributed by atoms with Gasteiger partial charge in [0.25, 0.3) is 5.56 Å². The molecule has 0 unspecified atom stereocenters. The van der Waals surface area contributed by atoms with Gasteiger partial charge in [0.15, 0.2) is 15.1 Å². The normalized spacial score (nSPS) is 15.3. The molecule has 1 atom stereocenters. The fraction of sp³-hybridized carbons (Fsp3) is 0.250. The summed E-state index contributed by atoms with van der Waals surface area (Å²) in [4.78, 5) is 40.5. The zero-order valence-corrected chi connectivity index (χ0v) is 23.4. The first kappa shape index (κ1) is 26.6. The van der Waals surface area contributed by atoms with Crippen molar-refractivity contribution in [1.29, 1.82) is 0 Å².